The van der Waals surface area contributed by atoms with Crippen LogP contribution >= 0.6 is 10.8 Å². The number of rotatable bonds is 10. The number of fused-ring (bicyclic) bond motifs is 1. The van der Waals surface area contributed by atoms with Gasteiger partial charge in [-0.1, -0.05) is 30.3 Å². The van der Waals surface area contributed by atoms with Gasteiger partial charge in [0, 0.05) is 44.5 Å². The van der Waals surface area contributed by atoms with E-state index in [0.717, 1.165) is 36.8 Å². The van der Waals surface area contributed by atoms with E-state index in [0.29, 0.717) is 61.8 Å². The number of aliphatic hydroxyl groups excluding tert-OH is 1. The van der Waals surface area contributed by atoms with Crippen LogP contribution in [-0.4, -0.2) is 79.9 Å². The molecule has 0 bridgehead atoms. The molecule has 2 atom stereocenters. The summed E-state index contributed by atoms with van der Waals surface area (Å²) < 4.78 is 30.8. The van der Waals surface area contributed by atoms with Crippen molar-refractivity contribution in [1.82, 2.24) is 20.2 Å². The van der Waals surface area contributed by atoms with Crippen LogP contribution in [0.4, 0.5) is 5.69 Å². The molecule has 0 spiro atoms. The second-order valence-corrected chi connectivity index (χ2v) is 12.8. The third kappa shape index (κ3) is 6.62. The number of imidazole rings is 1. The van der Waals surface area contributed by atoms with Gasteiger partial charge in [-0.05, 0) is 56.7 Å². The summed E-state index contributed by atoms with van der Waals surface area (Å²) in [6.45, 7) is 4.90. The Morgan fingerprint density at radius 2 is 1.95 bits per heavy atom. The Bertz CT molecular complexity index is 1280. The normalized spacial score (nSPS) is 20.2. The molecule has 2 aromatic carbocycles. The first-order valence-electron chi connectivity index (χ1n) is 14.2. The number of nitrogens with zero attached hydrogens (tertiary/aromatic N) is 3. The number of carbonyl (C=O) groups excluding carboxylic acids is 1. The summed E-state index contributed by atoms with van der Waals surface area (Å²) >= 11 is 0. The maximum absolute atomic E-state index is 13.8. The van der Waals surface area contributed by atoms with Crippen molar-refractivity contribution in [3.05, 3.63) is 59.9 Å². The quantitative estimate of drug-likeness (QED) is 0.248. The second-order valence-electron chi connectivity index (χ2n) is 10.7. The van der Waals surface area contributed by atoms with Gasteiger partial charge < -0.3 is 25.0 Å². The number of carbonyl (C=O) groups is 1. The predicted octanol–water partition coefficient (Wildman–Crippen LogP) is 3.79. The number of ether oxygens (including phenoxy) is 1. The molecule has 2 saturated heterocycles. The van der Waals surface area contributed by atoms with Crippen LogP contribution in [0, 0.1) is 0 Å². The van der Waals surface area contributed by atoms with Crippen molar-refractivity contribution < 1.29 is 23.7 Å². The molecule has 0 aliphatic carbocycles. The Balaban J connectivity index is 1.42. The zero-order chi connectivity index (χ0) is 28.1. The zero-order valence-corrected chi connectivity index (χ0v) is 23.9. The molecule has 218 valence electrons. The fourth-order valence-electron chi connectivity index (χ4n) is 5.54. The Morgan fingerprint density at radius 3 is 2.67 bits per heavy atom. The molecule has 3 heterocycles. The summed E-state index contributed by atoms with van der Waals surface area (Å²) in [4.78, 5) is 18.4. The van der Waals surface area contributed by atoms with Gasteiger partial charge in [0.2, 0.25) is 0 Å². The minimum atomic E-state index is -3.01. The summed E-state index contributed by atoms with van der Waals surface area (Å²) in [5.74, 6) is -0.0308. The molecule has 5 N–H and O–H groups in total. The van der Waals surface area contributed by atoms with Crippen LogP contribution < -0.4 is 14.9 Å². The number of anilines is 1. The molecular formula is C29H41N5O5S. The molecule has 2 aliphatic heterocycles. The maximum Gasteiger partial charge on any atom is 0.251 e. The van der Waals surface area contributed by atoms with Gasteiger partial charge in [0.05, 0.1) is 35.4 Å². The van der Waals surface area contributed by atoms with E-state index >= 15 is 0 Å². The number of aromatic nitrogens is 2. The van der Waals surface area contributed by atoms with Crippen LogP contribution in [0.15, 0.2) is 48.8 Å². The van der Waals surface area contributed by atoms with E-state index in [1.807, 2.05) is 41.8 Å². The van der Waals surface area contributed by atoms with E-state index in [4.69, 9.17) is 4.74 Å². The van der Waals surface area contributed by atoms with Crippen LogP contribution in [0.2, 0.25) is 0 Å². The van der Waals surface area contributed by atoms with Crippen LogP contribution in [0.3, 0.4) is 0 Å². The van der Waals surface area contributed by atoms with Crippen molar-refractivity contribution >= 4 is 33.4 Å². The fraction of sp³-hybridized carbons (Fsp3) is 0.517. The topological polar surface area (TPSA) is 132 Å². The fourth-order valence-corrected chi connectivity index (χ4v) is 7.23. The first-order valence-corrected chi connectivity index (χ1v) is 15.9. The van der Waals surface area contributed by atoms with E-state index in [9.17, 15) is 19.0 Å². The number of hydrogen-bond donors (Lipinski definition) is 5. The van der Waals surface area contributed by atoms with Crippen molar-refractivity contribution in [2.75, 3.05) is 36.4 Å². The largest absolute Gasteiger partial charge is 0.390 e. The molecule has 0 radical (unpaired) electrons. The molecule has 5 rings (SSSR count). The van der Waals surface area contributed by atoms with Crippen molar-refractivity contribution in [2.45, 2.75) is 63.8 Å². The minimum Gasteiger partial charge on any atom is -0.390 e. The van der Waals surface area contributed by atoms with Gasteiger partial charge in [-0.2, -0.15) is 0 Å². The van der Waals surface area contributed by atoms with Crippen LogP contribution in [-0.2, 0) is 17.7 Å². The summed E-state index contributed by atoms with van der Waals surface area (Å²) in [6.07, 6.45) is 4.73. The SMILES string of the molecule is CCn1cnc2c(N3CCCCS3(O)O)cc(C(=O)N[C@@H](Cc3ccccc3)[C@@H](O)CNC3CCOCC3)cc21. The lowest BCUT2D eigenvalue weighted by molar-refractivity contribution is 0.0657. The van der Waals surface area contributed by atoms with Gasteiger partial charge in [-0.25, -0.2) is 4.98 Å². The van der Waals surface area contributed by atoms with E-state index in [1.54, 1.807) is 22.8 Å². The van der Waals surface area contributed by atoms with Crippen molar-refractivity contribution in [2.24, 2.45) is 0 Å². The molecule has 2 aliphatic rings. The number of nitrogens with one attached hydrogen (secondary N) is 2. The summed E-state index contributed by atoms with van der Waals surface area (Å²) in [5, 5.41) is 17.8. The second kappa shape index (κ2) is 12.9. The van der Waals surface area contributed by atoms with E-state index in [2.05, 4.69) is 15.6 Å². The Morgan fingerprint density at radius 1 is 1.18 bits per heavy atom. The standard InChI is InChI=1S/C29H41N5O5S/c1-2-33-20-31-28-25(33)17-22(18-26(28)34-12-6-7-15-40(34,37)38)29(36)32-24(16-21-8-4-3-5-9-21)27(35)19-30-23-10-13-39-14-11-23/h3-5,8-9,17-18,20,23-24,27,30,35,37-38H,2,6-7,10-16,19H2,1H3,(H,32,36)/t24-,27-/m0/s1. The molecule has 0 unspecified atom stereocenters. The summed E-state index contributed by atoms with van der Waals surface area (Å²) in [7, 11) is -3.01. The van der Waals surface area contributed by atoms with Gasteiger partial charge in [0.1, 0.15) is 5.52 Å². The Hall–Kier alpha value is -2.67. The first-order chi connectivity index (χ1) is 19.4. The Labute approximate surface area is 237 Å². The monoisotopic (exact) mass is 571 g/mol. The number of amides is 1. The lowest BCUT2D eigenvalue weighted by Gasteiger charge is -2.47. The summed E-state index contributed by atoms with van der Waals surface area (Å²) in [6, 6.07) is 13.1. The van der Waals surface area contributed by atoms with Gasteiger partial charge in [0.25, 0.3) is 5.91 Å². The highest BCUT2D eigenvalue weighted by molar-refractivity contribution is 8.25. The highest BCUT2D eigenvalue weighted by Crippen LogP contribution is 2.51. The molecule has 1 aromatic heterocycles. The molecule has 1 amide bonds. The van der Waals surface area contributed by atoms with Gasteiger partial charge >= 0.3 is 0 Å². The highest BCUT2D eigenvalue weighted by atomic mass is 32.3. The first kappa shape index (κ1) is 28.8. The minimum absolute atomic E-state index is 0.278. The lowest BCUT2D eigenvalue weighted by atomic mass is 9.99. The van der Waals surface area contributed by atoms with Crippen LogP contribution in [0.1, 0.15) is 48.5 Å². The van der Waals surface area contributed by atoms with Crippen molar-refractivity contribution in [3.8, 4) is 0 Å². The van der Waals surface area contributed by atoms with E-state index in [1.165, 1.54) is 0 Å². The molecule has 11 heteroatoms. The number of hydrogen-bond acceptors (Lipinski definition) is 8. The van der Waals surface area contributed by atoms with Gasteiger partial charge in [0.15, 0.2) is 0 Å². The predicted molar refractivity (Wildman–Crippen MR) is 159 cm³/mol. The third-order valence-corrected chi connectivity index (χ3v) is 9.80. The number of aliphatic hydroxyl groups is 1. The van der Waals surface area contributed by atoms with Crippen molar-refractivity contribution in [1.29, 1.82) is 0 Å². The smallest absolute Gasteiger partial charge is 0.251 e. The zero-order valence-electron chi connectivity index (χ0n) is 23.0. The van der Waals surface area contributed by atoms with E-state index < -0.39 is 22.9 Å². The highest BCUT2D eigenvalue weighted by Gasteiger charge is 2.31. The molecule has 3 aromatic rings. The molecular weight excluding hydrogens is 530 g/mol. The van der Waals surface area contributed by atoms with E-state index in [-0.39, 0.29) is 11.9 Å². The molecule has 0 saturated carbocycles. The number of benzene rings is 2. The molecule has 40 heavy (non-hydrogen) atoms. The van der Waals surface area contributed by atoms with Gasteiger partial charge in [-0.15, -0.1) is 10.8 Å². The van der Waals surface area contributed by atoms with Crippen LogP contribution in [0.25, 0.3) is 11.0 Å². The Kier molecular flexibility index (Phi) is 9.29. The maximum atomic E-state index is 13.8. The molecule has 2 fully saturated rings. The lowest BCUT2D eigenvalue weighted by Crippen LogP contribution is -2.50. The average Bonchev–Trinajstić information content (AvgIpc) is 3.39. The third-order valence-electron chi connectivity index (χ3n) is 7.88. The average molecular weight is 572 g/mol. The van der Waals surface area contributed by atoms with Gasteiger partial charge in [-0.3, -0.25) is 18.2 Å². The number of aryl methyl sites for hydroxylation is 1. The molecule has 10 nitrogen and oxygen atoms in total. The van der Waals surface area contributed by atoms with Crippen LogP contribution in [0.5, 0.6) is 0 Å². The summed E-state index contributed by atoms with van der Waals surface area (Å²) in [5.41, 5.74) is 3.35. The van der Waals surface area contributed by atoms with Crippen molar-refractivity contribution in [3.63, 3.8) is 0 Å².